The molecule has 2 atom stereocenters. The first kappa shape index (κ1) is 21.2. The van der Waals surface area contributed by atoms with Crippen molar-refractivity contribution in [3.05, 3.63) is 34.5 Å². The largest absolute Gasteiger partial charge is 0.490 e. The summed E-state index contributed by atoms with van der Waals surface area (Å²) in [4.78, 5) is 30.1. The van der Waals surface area contributed by atoms with Gasteiger partial charge in [0.2, 0.25) is 0 Å². The number of carbonyl (C=O) groups is 2. The second kappa shape index (κ2) is 8.49. The zero-order valence-electron chi connectivity index (χ0n) is 15.5. The Bertz CT molecular complexity index is 855. The molecular formula is C17H20F3N5O3S. The molecule has 2 aliphatic rings. The lowest BCUT2D eigenvalue weighted by Gasteiger charge is -2.25. The van der Waals surface area contributed by atoms with E-state index in [2.05, 4.69) is 21.2 Å². The van der Waals surface area contributed by atoms with Crippen LogP contribution < -0.4 is 0 Å². The van der Waals surface area contributed by atoms with Crippen molar-refractivity contribution in [3.63, 3.8) is 0 Å². The molecule has 0 bridgehead atoms. The first-order valence-electron chi connectivity index (χ1n) is 8.87. The number of rotatable bonds is 3. The molecule has 2 aromatic rings. The number of carboxylic acids is 1. The zero-order valence-corrected chi connectivity index (χ0v) is 16.4. The van der Waals surface area contributed by atoms with Crippen LogP contribution in [0, 0.1) is 0 Å². The number of likely N-dealkylation sites (tertiary alicyclic amines) is 2. The van der Waals surface area contributed by atoms with Crippen molar-refractivity contribution < 1.29 is 27.9 Å². The van der Waals surface area contributed by atoms with Gasteiger partial charge >= 0.3 is 12.1 Å². The minimum absolute atomic E-state index is 0.0944. The van der Waals surface area contributed by atoms with Crippen molar-refractivity contribution in [2.24, 2.45) is 7.05 Å². The maximum absolute atomic E-state index is 12.6. The minimum Gasteiger partial charge on any atom is -0.475 e. The molecule has 0 unspecified atom stereocenters. The Morgan fingerprint density at radius 3 is 2.52 bits per heavy atom. The monoisotopic (exact) mass is 431 g/mol. The second-order valence-electron chi connectivity index (χ2n) is 6.88. The third kappa shape index (κ3) is 4.93. The molecule has 1 N–H and O–H groups in total. The molecule has 0 saturated carbocycles. The average Bonchev–Trinajstić information content (AvgIpc) is 3.40. The topological polar surface area (TPSA) is 91.6 Å². The van der Waals surface area contributed by atoms with Crippen molar-refractivity contribution in [1.82, 2.24) is 24.6 Å². The van der Waals surface area contributed by atoms with Crippen LogP contribution in [-0.2, 0) is 18.4 Å². The average molecular weight is 431 g/mol. The van der Waals surface area contributed by atoms with Crippen LogP contribution in [0.25, 0.3) is 0 Å². The standard InChI is InChI=1S/C15H19N5OS.C2HF3O2/c1-18-7-11(6-17-18)8-19-4-2-14-13(19)3-5-20(14)15(21)12-9-22-10-16-12;3-2(4,5)1(6)7/h6-7,9-10,13-14H,2-5,8H2,1H3;(H,6,7)/t13-,14+;/m0./s1. The summed E-state index contributed by atoms with van der Waals surface area (Å²) in [7, 11) is 1.94. The zero-order chi connectivity index (χ0) is 21.2. The lowest BCUT2D eigenvalue weighted by molar-refractivity contribution is -0.192. The minimum atomic E-state index is -5.08. The van der Waals surface area contributed by atoms with Crippen LogP contribution in [0.4, 0.5) is 13.2 Å². The molecule has 2 aliphatic heterocycles. The van der Waals surface area contributed by atoms with E-state index in [1.165, 1.54) is 16.9 Å². The number of alkyl halides is 3. The summed E-state index contributed by atoms with van der Waals surface area (Å²) >= 11 is 1.48. The highest BCUT2D eigenvalue weighted by Crippen LogP contribution is 2.33. The number of aryl methyl sites for hydroxylation is 1. The van der Waals surface area contributed by atoms with Crippen molar-refractivity contribution in [3.8, 4) is 0 Å². The molecule has 2 saturated heterocycles. The van der Waals surface area contributed by atoms with Gasteiger partial charge in [-0.25, -0.2) is 9.78 Å². The first-order valence-corrected chi connectivity index (χ1v) is 9.82. The molecule has 2 aromatic heterocycles. The van der Waals surface area contributed by atoms with Crippen molar-refractivity contribution in [2.75, 3.05) is 13.1 Å². The summed E-state index contributed by atoms with van der Waals surface area (Å²) < 4.78 is 33.6. The van der Waals surface area contributed by atoms with E-state index < -0.39 is 12.1 Å². The Morgan fingerprint density at radius 1 is 1.28 bits per heavy atom. The van der Waals surface area contributed by atoms with Gasteiger partial charge < -0.3 is 10.0 Å². The summed E-state index contributed by atoms with van der Waals surface area (Å²) in [6.07, 6.45) is 1.03. The summed E-state index contributed by atoms with van der Waals surface area (Å²) in [6, 6.07) is 0.814. The van der Waals surface area contributed by atoms with E-state index >= 15 is 0 Å². The highest BCUT2D eigenvalue weighted by atomic mass is 32.1. The number of carboxylic acid groups (broad SMARTS) is 1. The third-order valence-electron chi connectivity index (χ3n) is 4.99. The number of hydrogen-bond acceptors (Lipinski definition) is 6. The quantitative estimate of drug-likeness (QED) is 0.799. The highest BCUT2D eigenvalue weighted by molar-refractivity contribution is 7.07. The van der Waals surface area contributed by atoms with Crippen LogP contribution >= 0.6 is 11.3 Å². The Hall–Kier alpha value is -2.47. The molecule has 4 heterocycles. The van der Waals surface area contributed by atoms with Gasteiger partial charge in [-0.1, -0.05) is 0 Å². The molecule has 2 fully saturated rings. The van der Waals surface area contributed by atoms with Crippen LogP contribution in [0.1, 0.15) is 28.9 Å². The Morgan fingerprint density at radius 2 is 1.97 bits per heavy atom. The molecule has 1 amide bonds. The van der Waals surface area contributed by atoms with Gasteiger partial charge in [0.15, 0.2) is 0 Å². The molecule has 0 spiro atoms. The lowest BCUT2D eigenvalue weighted by atomic mass is 10.1. The van der Waals surface area contributed by atoms with Crippen LogP contribution in [0.15, 0.2) is 23.3 Å². The molecule has 0 aromatic carbocycles. The maximum atomic E-state index is 12.6. The van der Waals surface area contributed by atoms with E-state index in [1.54, 1.807) is 5.51 Å². The van der Waals surface area contributed by atoms with Crippen molar-refractivity contribution >= 4 is 23.2 Å². The van der Waals surface area contributed by atoms with Gasteiger partial charge in [-0.2, -0.15) is 18.3 Å². The number of nitrogens with zero attached hydrogens (tertiary/aromatic N) is 5. The maximum Gasteiger partial charge on any atom is 0.490 e. The van der Waals surface area contributed by atoms with E-state index in [-0.39, 0.29) is 5.91 Å². The fourth-order valence-corrected chi connectivity index (χ4v) is 4.30. The van der Waals surface area contributed by atoms with Gasteiger partial charge in [0.1, 0.15) is 5.69 Å². The second-order valence-corrected chi connectivity index (χ2v) is 7.60. The number of hydrogen-bond donors (Lipinski definition) is 1. The normalized spacial score (nSPS) is 21.6. The van der Waals surface area contributed by atoms with E-state index in [0.29, 0.717) is 17.8 Å². The summed E-state index contributed by atoms with van der Waals surface area (Å²) in [5.74, 6) is -2.66. The number of amides is 1. The van der Waals surface area contributed by atoms with Gasteiger partial charge in [0, 0.05) is 55.9 Å². The number of fused-ring (bicyclic) bond motifs is 1. The number of aromatic nitrogens is 3. The SMILES string of the molecule is Cn1cc(CN2CC[C@@H]3[C@@H]2CCN3C(=O)c2cscn2)cn1.O=C(O)C(F)(F)F. The van der Waals surface area contributed by atoms with Gasteiger partial charge in [-0.3, -0.25) is 14.4 Å². The molecule has 158 valence electrons. The summed E-state index contributed by atoms with van der Waals surface area (Å²) in [5, 5.41) is 13.2. The molecule has 0 radical (unpaired) electrons. The van der Waals surface area contributed by atoms with Crippen LogP contribution in [-0.4, -0.2) is 72.9 Å². The predicted molar refractivity (Wildman–Crippen MR) is 97.3 cm³/mol. The predicted octanol–water partition coefficient (Wildman–Crippen LogP) is 2.00. The molecule has 8 nitrogen and oxygen atoms in total. The number of halogens is 3. The van der Waals surface area contributed by atoms with Crippen LogP contribution in [0.3, 0.4) is 0 Å². The molecule has 0 aliphatic carbocycles. The number of aliphatic carboxylic acids is 1. The van der Waals surface area contributed by atoms with Crippen LogP contribution in [0.5, 0.6) is 0 Å². The van der Waals surface area contributed by atoms with Crippen molar-refractivity contribution in [1.29, 1.82) is 0 Å². The first-order chi connectivity index (χ1) is 13.7. The van der Waals surface area contributed by atoms with E-state index in [4.69, 9.17) is 9.90 Å². The van der Waals surface area contributed by atoms with Crippen LogP contribution in [0.2, 0.25) is 0 Å². The molecule has 29 heavy (non-hydrogen) atoms. The highest BCUT2D eigenvalue weighted by Gasteiger charge is 2.44. The molecule has 4 rings (SSSR count). The van der Waals surface area contributed by atoms with E-state index in [1.807, 2.05) is 28.2 Å². The Balaban J connectivity index is 0.000000298. The van der Waals surface area contributed by atoms with Gasteiger partial charge in [-0.15, -0.1) is 11.3 Å². The van der Waals surface area contributed by atoms with E-state index in [9.17, 15) is 18.0 Å². The van der Waals surface area contributed by atoms with Gasteiger partial charge in [0.25, 0.3) is 5.91 Å². The number of thiazole rings is 1. The molecular weight excluding hydrogens is 411 g/mol. The van der Waals surface area contributed by atoms with Gasteiger partial charge in [0.05, 0.1) is 11.7 Å². The molecule has 12 heteroatoms. The van der Waals surface area contributed by atoms with Crippen molar-refractivity contribution in [2.45, 2.75) is 37.6 Å². The fourth-order valence-electron chi connectivity index (χ4n) is 3.78. The summed E-state index contributed by atoms with van der Waals surface area (Å²) in [6.45, 7) is 2.81. The third-order valence-corrected chi connectivity index (χ3v) is 5.58. The van der Waals surface area contributed by atoms with E-state index in [0.717, 1.165) is 32.5 Å². The fraction of sp³-hybridized carbons (Fsp3) is 0.529. The Kier molecular flexibility index (Phi) is 6.22. The Labute approximate surface area is 168 Å². The smallest absolute Gasteiger partial charge is 0.475 e. The van der Waals surface area contributed by atoms with Gasteiger partial charge in [-0.05, 0) is 12.8 Å². The summed E-state index contributed by atoms with van der Waals surface area (Å²) in [5.41, 5.74) is 3.56. The number of carbonyl (C=O) groups excluding carboxylic acids is 1. The lowest BCUT2D eigenvalue weighted by Crippen LogP contribution is -2.39.